The summed E-state index contributed by atoms with van der Waals surface area (Å²) in [5.41, 5.74) is 6.23. The average molecular weight is 539 g/mol. The monoisotopic (exact) mass is 538 g/mol. The first-order chi connectivity index (χ1) is 18.8. The van der Waals surface area contributed by atoms with Crippen LogP contribution >= 0.6 is 12.4 Å². The van der Waals surface area contributed by atoms with Crippen LogP contribution in [0.2, 0.25) is 0 Å². The number of benzene rings is 4. The van der Waals surface area contributed by atoms with E-state index >= 15 is 0 Å². The minimum atomic E-state index is 0. The summed E-state index contributed by atoms with van der Waals surface area (Å²) in [6.45, 7) is 3.97. The topological polar surface area (TPSA) is 35.4 Å². The van der Waals surface area contributed by atoms with Crippen LogP contribution in [0, 0.1) is 0 Å². The van der Waals surface area contributed by atoms with E-state index in [2.05, 4.69) is 82.8 Å². The number of fused-ring (bicyclic) bond motifs is 1. The van der Waals surface area contributed by atoms with Crippen LogP contribution in [0.1, 0.15) is 41.0 Å². The summed E-state index contributed by atoms with van der Waals surface area (Å²) in [6, 6.07) is 35.7. The van der Waals surface area contributed by atoms with E-state index in [1.54, 1.807) is 0 Å². The largest absolute Gasteiger partial charge is 0.485 e. The van der Waals surface area contributed by atoms with Crippen LogP contribution in [0.5, 0.6) is 11.5 Å². The molecule has 2 heterocycles. The van der Waals surface area contributed by atoms with Crippen LogP contribution in [0.3, 0.4) is 0 Å². The molecule has 0 bridgehead atoms. The molecule has 0 radical (unpaired) electrons. The third kappa shape index (κ3) is 6.47. The zero-order valence-corrected chi connectivity index (χ0v) is 22.9. The lowest BCUT2D eigenvalue weighted by Crippen LogP contribution is -2.26. The van der Waals surface area contributed by atoms with Gasteiger partial charge in [-0.1, -0.05) is 84.9 Å². The zero-order valence-electron chi connectivity index (χ0n) is 22.1. The normalized spacial score (nSPS) is 13.6. The summed E-state index contributed by atoms with van der Waals surface area (Å²) in [4.78, 5) is 0. The predicted molar refractivity (Wildman–Crippen MR) is 161 cm³/mol. The molecule has 1 aromatic heterocycles. The minimum absolute atomic E-state index is 0. The van der Waals surface area contributed by atoms with E-state index in [1.807, 2.05) is 36.4 Å². The number of rotatable bonds is 9. The van der Waals surface area contributed by atoms with Crippen molar-refractivity contribution in [1.29, 1.82) is 0 Å². The van der Waals surface area contributed by atoms with Crippen molar-refractivity contribution in [2.45, 2.75) is 38.5 Å². The molecule has 0 aliphatic carbocycles. The van der Waals surface area contributed by atoms with Gasteiger partial charge in [0.1, 0.15) is 13.2 Å². The quantitative estimate of drug-likeness (QED) is 0.208. The SMILES string of the molecule is Cl.c1ccc(COc2ccc(Cn3cc(C4CCNCC4)c4ccccc43)cc2OCc2ccccc2)cc1. The maximum atomic E-state index is 6.34. The van der Waals surface area contributed by atoms with Gasteiger partial charge in [0, 0.05) is 23.6 Å². The fraction of sp³-hybridized carbons (Fsp3) is 0.235. The van der Waals surface area contributed by atoms with Crippen molar-refractivity contribution < 1.29 is 9.47 Å². The lowest BCUT2D eigenvalue weighted by molar-refractivity contribution is 0.255. The van der Waals surface area contributed by atoms with Crippen molar-refractivity contribution in [3.05, 3.63) is 132 Å². The second kappa shape index (κ2) is 12.9. The molecule has 1 aliphatic heterocycles. The van der Waals surface area contributed by atoms with Crippen molar-refractivity contribution in [2.75, 3.05) is 13.1 Å². The van der Waals surface area contributed by atoms with Gasteiger partial charge in [-0.3, -0.25) is 0 Å². The molecule has 200 valence electrons. The Hall–Kier alpha value is -3.73. The Morgan fingerprint density at radius 2 is 1.28 bits per heavy atom. The first kappa shape index (κ1) is 26.9. The second-order valence-electron chi connectivity index (χ2n) is 10.1. The molecular weight excluding hydrogens is 504 g/mol. The van der Waals surface area contributed by atoms with Crippen LogP contribution in [0.4, 0.5) is 0 Å². The highest BCUT2D eigenvalue weighted by Crippen LogP contribution is 2.35. The van der Waals surface area contributed by atoms with Gasteiger partial charge in [0.15, 0.2) is 11.5 Å². The van der Waals surface area contributed by atoms with Crippen LogP contribution < -0.4 is 14.8 Å². The highest BCUT2D eigenvalue weighted by Gasteiger charge is 2.20. The summed E-state index contributed by atoms with van der Waals surface area (Å²) in [5.74, 6) is 2.15. The van der Waals surface area contributed by atoms with Gasteiger partial charge < -0.3 is 19.4 Å². The molecule has 0 atom stereocenters. The van der Waals surface area contributed by atoms with Crippen molar-refractivity contribution in [2.24, 2.45) is 0 Å². The Kier molecular flexibility index (Phi) is 8.87. The molecule has 4 nitrogen and oxygen atoms in total. The lowest BCUT2D eigenvalue weighted by Gasteiger charge is -2.22. The fourth-order valence-electron chi connectivity index (χ4n) is 5.41. The van der Waals surface area contributed by atoms with E-state index < -0.39 is 0 Å². The number of nitrogens with one attached hydrogen (secondary N) is 1. The van der Waals surface area contributed by atoms with E-state index in [4.69, 9.17) is 9.47 Å². The standard InChI is InChI=1S/C34H34N2O2.ClH/c1-3-9-26(10-4-1)24-37-33-16-15-28(21-34(33)38-25-27-11-5-2-6-12-27)22-36-23-31(29-17-19-35-20-18-29)30-13-7-8-14-32(30)36;/h1-16,21,23,29,35H,17-20,22,24-25H2;1H. The number of para-hydroxylation sites is 1. The molecule has 0 unspecified atom stereocenters. The first-order valence-corrected chi connectivity index (χ1v) is 13.6. The molecule has 1 fully saturated rings. The van der Waals surface area contributed by atoms with Gasteiger partial charge in [0.25, 0.3) is 0 Å². The number of ether oxygens (including phenoxy) is 2. The van der Waals surface area contributed by atoms with E-state index in [0.29, 0.717) is 19.1 Å². The molecule has 6 rings (SSSR count). The van der Waals surface area contributed by atoms with Gasteiger partial charge in [0.05, 0.1) is 0 Å². The smallest absolute Gasteiger partial charge is 0.162 e. The molecule has 4 aromatic carbocycles. The van der Waals surface area contributed by atoms with Crippen LogP contribution in [-0.2, 0) is 19.8 Å². The Bertz CT molecular complexity index is 1480. The van der Waals surface area contributed by atoms with Crippen molar-refractivity contribution in [3.63, 3.8) is 0 Å². The predicted octanol–water partition coefficient (Wildman–Crippen LogP) is 7.74. The van der Waals surface area contributed by atoms with E-state index in [0.717, 1.165) is 42.3 Å². The Morgan fingerprint density at radius 1 is 0.667 bits per heavy atom. The number of hydrogen-bond donors (Lipinski definition) is 1. The molecule has 1 saturated heterocycles. The van der Waals surface area contributed by atoms with E-state index in [1.165, 1.54) is 34.9 Å². The van der Waals surface area contributed by atoms with Gasteiger partial charge in [-0.05, 0) is 72.3 Å². The summed E-state index contributed by atoms with van der Waals surface area (Å²) in [6.07, 6.45) is 4.77. The molecule has 39 heavy (non-hydrogen) atoms. The number of hydrogen-bond acceptors (Lipinski definition) is 3. The van der Waals surface area contributed by atoms with Gasteiger partial charge in [-0.2, -0.15) is 0 Å². The maximum Gasteiger partial charge on any atom is 0.162 e. The van der Waals surface area contributed by atoms with Crippen molar-refractivity contribution in [1.82, 2.24) is 9.88 Å². The fourth-order valence-corrected chi connectivity index (χ4v) is 5.41. The minimum Gasteiger partial charge on any atom is -0.485 e. The Morgan fingerprint density at radius 3 is 1.97 bits per heavy atom. The lowest BCUT2D eigenvalue weighted by atomic mass is 9.90. The zero-order chi connectivity index (χ0) is 25.6. The molecule has 1 aliphatic rings. The van der Waals surface area contributed by atoms with Gasteiger partial charge >= 0.3 is 0 Å². The molecule has 0 saturated carbocycles. The average Bonchev–Trinajstić information content (AvgIpc) is 3.35. The van der Waals surface area contributed by atoms with Gasteiger partial charge in [-0.25, -0.2) is 0 Å². The molecule has 5 aromatic rings. The van der Waals surface area contributed by atoms with Gasteiger partial charge in [0.2, 0.25) is 0 Å². The van der Waals surface area contributed by atoms with Crippen LogP contribution in [0.15, 0.2) is 109 Å². The van der Waals surface area contributed by atoms with E-state index in [-0.39, 0.29) is 12.4 Å². The first-order valence-electron chi connectivity index (χ1n) is 13.6. The summed E-state index contributed by atoms with van der Waals surface area (Å²) >= 11 is 0. The number of piperidine rings is 1. The Labute approximate surface area is 237 Å². The van der Waals surface area contributed by atoms with Crippen molar-refractivity contribution in [3.8, 4) is 11.5 Å². The third-order valence-corrected chi connectivity index (χ3v) is 7.43. The van der Waals surface area contributed by atoms with Crippen molar-refractivity contribution >= 4 is 23.3 Å². The number of aromatic nitrogens is 1. The summed E-state index contributed by atoms with van der Waals surface area (Å²) in [7, 11) is 0. The van der Waals surface area contributed by atoms with Gasteiger partial charge in [-0.15, -0.1) is 12.4 Å². The number of halogens is 1. The summed E-state index contributed by atoms with van der Waals surface area (Å²) < 4.78 is 15.0. The van der Waals surface area contributed by atoms with Crippen LogP contribution in [0.25, 0.3) is 10.9 Å². The highest BCUT2D eigenvalue weighted by molar-refractivity contribution is 5.85. The highest BCUT2D eigenvalue weighted by atomic mass is 35.5. The molecule has 0 amide bonds. The molecular formula is C34H35ClN2O2. The maximum absolute atomic E-state index is 6.34. The Balaban J connectivity index is 0.00000308. The van der Waals surface area contributed by atoms with Crippen LogP contribution in [-0.4, -0.2) is 17.7 Å². The second-order valence-corrected chi connectivity index (χ2v) is 10.1. The van der Waals surface area contributed by atoms with E-state index in [9.17, 15) is 0 Å². The number of nitrogens with zero attached hydrogens (tertiary/aromatic N) is 1. The molecule has 0 spiro atoms. The molecule has 5 heteroatoms. The summed E-state index contributed by atoms with van der Waals surface area (Å²) in [5, 5.41) is 4.88. The third-order valence-electron chi connectivity index (χ3n) is 7.43. The molecule has 1 N–H and O–H groups in total.